The third kappa shape index (κ3) is 4.18. The van der Waals surface area contributed by atoms with Crippen molar-refractivity contribution in [2.45, 2.75) is 37.6 Å². The second kappa shape index (κ2) is 6.09. The lowest BCUT2D eigenvalue weighted by atomic mass is 9.94. The van der Waals surface area contributed by atoms with Crippen molar-refractivity contribution in [1.82, 2.24) is 4.90 Å². The zero-order valence-corrected chi connectivity index (χ0v) is 9.75. The van der Waals surface area contributed by atoms with Crippen LogP contribution < -0.4 is 5.73 Å². The molecule has 86 valence electrons. The van der Waals surface area contributed by atoms with Gasteiger partial charge in [0.1, 0.15) is 0 Å². The first-order valence-corrected chi connectivity index (χ1v) is 5.93. The highest BCUT2D eigenvalue weighted by molar-refractivity contribution is 4.91. The smallest absolute Gasteiger partial charge is 0.0166 e. The van der Waals surface area contributed by atoms with Crippen molar-refractivity contribution < 1.29 is 0 Å². The molecule has 0 aromatic carbocycles. The molecule has 0 aromatic heterocycles. The average Bonchev–Trinajstić information content (AvgIpc) is 2.63. The van der Waals surface area contributed by atoms with Crippen LogP contribution in [0.3, 0.4) is 0 Å². The van der Waals surface area contributed by atoms with Crippen LogP contribution >= 0.6 is 0 Å². The van der Waals surface area contributed by atoms with E-state index in [0.717, 1.165) is 26.1 Å². The Bertz CT molecular complexity index is 195. The molecule has 0 radical (unpaired) electrons. The second-order valence-electron chi connectivity index (χ2n) is 4.66. The van der Waals surface area contributed by atoms with Crippen molar-refractivity contribution in [3.63, 3.8) is 0 Å². The largest absolute Gasteiger partial charge is 0.325 e. The van der Waals surface area contributed by atoms with E-state index in [1.54, 1.807) is 0 Å². The van der Waals surface area contributed by atoms with Crippen LogP contribution in [0.4, 0.5) is 0 Å². The molecular weight excluding hydrogens is 184 g/mol. The van der Waals surface area contributed by atoms with Gasteiger partial charge in [0, 0.05) is 25.2 Å². The van der Waals surface area contributed by atoms with Crippen LogP contribution in [-0.4, -0.2) is 30.1 Å². The van der Waals surface area contributed by atoms with Crippen LogP contribution in [0.25, 0.3) is 0 Å². The van der Waals surface area contributed by atoms with Gasteiger partial charge in [-0.3, -0.25) is 4.90 Å². The van der Waals surface area contributed by atoms with E-state index in [9.17, 15) is 0 Å². The van der Waals surface area contributed by atoms with E-state index < -0.39 is 0 Å². The highest BCUT2D eigenvalue weighted by atomic mass is 15.1. The quantitative estimate of drug-likeness (QED) is 0.651. The van der Waals surface area contributed by atoms with Gasteiger partial charge in [0.05, 0.1) is 0 Å². The molecule has 2 N–H and O–H groups in total. The van der Waals surface area contributed by atoms with Crippen molar-refractivity contribution in [2.24, 2.45) is 5.73 Å². The molecule has 0 saturated heterocycles. The summed E-state index contributed by atoms with van der Waals surface area (Å²) in [5.41, 5.74) is 6.43. The molecule has 0 aliphatic heterocycles. The van der Waals surface area contributed by atoms with E-state index in [-0.39, 0.29) is 5.54 Å². The van der Waals surface area contributed by atoms with Gasteiger partial charge >= 0.3 is 0 Å². The summed E-state index contributed by atoms with van der Waals surface area (Å²) in [5, 5.41) is 0. The summed E-state index contributed by atoms with van der Waals surface area (Å²) >= 11 is 0. The molecular formula is C13H24N2. The topological polar surface area (TPSA) is 29.3 Å². The fourth-order valence-electron chi connectivity index (χ4n) is 2.33. The van der Waals surface area contributed by atoms with E-state index in [1.807, 2.05) is 12.2 Å². The van der Waals surface area contributed by atoms with Crippen LogP contribution in [0.15, 0.2) is 25.3 Å². The van der Waals surface area contributed by atoms with Gasteiger partial charge in [-0.2, -0.15) is 0 Å². The molecule has 1 rings (SSSR count). The summed E-state index contributed by atoms with van der Waals surface area (Å²) in [5.74, 6) is 0. The molecule has 2 heteroatoms. The lowest BCUT2D eigenvalue weighted by Gasteiger charge is -2.27. The summed E-state index contributed by atoms with van der Waals surface area (Å²) in [4.78, 5) is 2.34. The van der Waals surface area contributed by atoms with Gasteiger partial charge in [-0.05, 0) is 19.3 Å². The zero-order chi connectivity index (χ0) is 11.1. The Kier molecular flexibility index (Phi) is 5.06. The van der Waals surface area contributed by atoms with Crippen LogP contribution in [0.2, 0.25) is 0 Å². The predicted octanol–water partition coefficient (Wildman–Crippen LogP) is 2.32. The third-order valence-corrected chi connectivity index (χ3v) is 3.30. The fraction of sp³-hybridized carbons (Fsp3) is 0.692. The van der Waals surface area contributed by atoms with Gasteiger partial charge in [-0.25, -0.2) is 0 Å². The molecule has 0 heterocycles. The number of rotatable bonds is 7. The maximum absolute atomic E-state index is 6.32. The van der Waals surface area contributed by atoms with Crippen molar-refractivity contribution in [3.8, 4) is 0 Å². The van der Waals surface area contributed by atoms with Gasteiger partial charge < -0.3 is 5.73 Å². The predicted molar refractivity (Wildman–Crippen MR) is 66.8 cm³/mol. The standard InChI is InChI=1S/C13H24N2/c1-3-10-15(11-4-2)12-9-13(14)7-5-6-8-13/h3-4H,1-2,5-12,14H2. The lowest BCUT2D eigenvalue weighted by Crippen LogP contribution is -2.40. The molecule has 1 saturated carbocycles. The normalized spacial score (nSPS) is 19.3. The zero-order valence-electron chi connectivity index (χ0n) is 9.75. The van der Waals surface area contributed by atoms with Crippen LogP contribution in [0.5, 0.6) is 0 Å². The highest BCUT2D eigenvalue weighted by Gasteiger charge is 2.28. The molecule has 0 amide bonds. The Labute approximate surface area is 93.8 Å². The van der Waals surface area contributed by atoms with Crippen molar-refractivity contribution in [3.05, 3.63) is 25.3 Å². The summed E-state index contributed by atoms with van der Waals surface area (Å²) in [6.45, 7) is 10.5. The lowest BCUT2D eigenvalue weighted by molar-refractivity contribution is 0.279. The molecule has 0 unspecified atom stereocenters. The van der Waals surface area contributed by atoms with E-state index in [1.165, 1.54) is 25.7 Å². The maximum atomic E-state index is 6.32. The summed E-state index contributed by atoms with van der Waals surface area (Å²) in [6, 6.07) is 0. The summed E-state index contributed by atoms with van der Waals surface area (Å²) in [6.07, 6.45) is 10.0. The molecule has 0 bridgehead atoms. The van der Waals surface area contributed by atoms with E-state index >= 15 is 0 Å². The molecule has 2 nitrogen and oxygen atoms in total. The molecule has 1 aliphatic rings. The summed E-state index contributed by atoms with van der Waals surface area (Å²) in [7, 11) is 0. The Hall–Kier alpha value is -0.600. The van der Waals surface area contributed by atoms with Crippen molar-refractivity contribution >= 4 is 0 Å². The Morgan fingerprint density at radius 3 is 2.13 bits per heavy atom. The highest BCUT2D eigenvalue weighted by Crippen LogP contribution is 2.30. The summed E-state index contributed by atoms with van der Waals surface area (Å²) < 4.78 is 0. The van der Waals surface area contributed by atoms with Crippen LogP contribution in [0, 0.1) is 0 Å². The minimum atomic E-state index is 0.112. The third-order valence-electron chi connectivity index (χ3n) is 3.30. The first kappa shape index (κ1) is 12.5. The second-order valence-corrected chi connectivity index (χ2v) is 4.66. The first-order chi connectivity index (χ1) is 7.20. The van der Waals surface area contributed by atoms with Gasteiger partial charge in [-0.1, -0.05) is 25.0 Å². The van der Waals surface area contributed by atoms with Gasteiger partial charge in [0.2, 0.25) is 0 Å². The van der Waals surface area contributed by atoms with Crippen LogP contribution in [0.1, 0.15) is 32.1 Å². The average molecular weight is 208 g/mol. The fourth-order valence-corrected chi connectivity index (χ4v) is 2.33. The molecule has 1 aliphatic carbocycles. The minimum Gasteiger partial charge on any atom is -0.325 e. The number of hydrogen-bond acceptors (Lipinski definition) is 2. The molecule has 0 aromatic rings. The van der Waals surface area contributed by atoms with Gasteiger partial charge in [-0.15, -0.1) is 13.2 Å². The Morgan fingerprint density at radius 1 is 1.13 bits per heavy atom. The Balaban J connectivity index is 2.31. The number of nitrogens with zero attached hydrogens (tertiary/aromatic N) is 1. The monoisotopic (exact) mass is 208 g/mol. The first-order valence-electron chi connectivity index (χ1n) is 5.93. The molecule has 1 fully saturated rings. The Morgan fingerprint density at radius 2 is 1.67 bits per heavy atom. The number of nitrogens with two attached hydrogens (primary N) is 1. The van der Waals surface area contributed by atoms with Gasteiger partial charge in [0.25, 0.3) is 0 Å². The molecule has 15 heavy (non-hydrogen) atoms. The van der Waals surface area contributed by atoms with Gasteiger partial charge in [0.15, 0.2) is 0 Å². The van der Waals surface area contributed by atoms with Crippen molar-refractivity contribution in [1.29, 1.82) is 0 Å². The maximum Gasteiger partial charge on any atom is 0.0166 e. The van der Waals surface area contributed by atoms with E-state index in [0.29, 0.717) is 0 Å². The minimum absolute atomic E-state index is 0.112. The van der Waals surface area contributed by atoms with Crippen molar-refractivity contribution in [2.75, 3.05) is 19.6 Å². The number of hydrogen-bond donors (Lipinski definition) is 1. The molecule has 0 atom stereocenters. The molecule has 0 spiro atoms. The van der Waals surface area contributed by atoms with Crippen LogP contribution in [-0.2, 0) is 0 Å². The van der Waals surface area contributed by atoms with E-state index in [2.05, 4.69) is 18.1 Å². The SMILES string of the molecule is C=CCN(CC=C)CCC1(N)CCCC1. The van der Waals surface area contributed by atoms with E-state index in [4.69, 9.17) is 5.73 Å².